The number of benzene rings is 1. The van der Waals surface area contributed by atoms with Gasteiger partial charge in [-0.2, -0.15) is 5.10 Å². The number of hydrogen-bond acceptors (Lipinski definition) is 2. The molecule has 1 aromatic heterocycles. The molecule has 0 radical (unpaired) electrons. The van der Waals surface area contributed by atoms with Crippen LogP contribution in [0.15, 0.2) is 36.7 Å². The van der Waals surface area contributed by atoms with E-state index in [-0.39, 0.29) is 0 Å². The first kappa shape index (κ1) is 11.4. The van der Waals surface area contributed by atoms with Gasteiger partial charge in [0.2, 0.25) is 0 Å². The van der Waals surface area contributed by atoms with E-state index in [2.05, 4.69) is 70.4 Å². The first-order chi connectivity index (χ1) is 7.78. The minimum atomic E-state index is 0.820. The number of halogens is 1. The number of hydrogen-bond donors (Lipinski definition) is 1. The fourth-order valence-electron chi connectivity index (χ4n) is 1.44. The Morgan fingerprint density at radius 3 is 2.69 bits per heavy atom. The molecule has 0 unspecified atom stereocenters. The van der Waals surface area contributed by atoms with Crippen LogP contribution in [0.5, 0.6) is 0 Å². The Labute approximate surface area is 109 Å². The molecule has 16 heavy (non-hydrogen) atoms. The van der Waals surface area contributed by atoms with Crippen molar-refractivity contribution in [3.05, 3.63) is 45.8 Å². The standard InChI is InChI=1S/C12H14IN3/c1-2-16-9-10(8-15-16)7-14-12-5-3-11(13)4-6-12/h3-6,8-9,14H,2,7H2,1H3. The van der Waals surface area contributed by atoms with Gasteiger partial charge >= 0.3 is 0 Å². The summed E-state index contributed by atoms with van der Waals surface area (Å²) in [5.74, 6) is 0. The molecule has 2 rings (SSSR count). The fraction of sp³-hybridized carbons (Fsp3) is 0.250. The minimum Gasteiger partial charge on any atom is -0.381 e. The quantitative estimate of drug-likeness (QED) is 0.875. The molecule has 0 saturated carbocycles. The summed E-state index contributed by atoms with van der Waals surface area (Å²) in [4.78, 5) is 0. The number of nitrogens with one attached hydrogen (secondary N) is 1. The lowest BCUT2D eigenvalue weighted by Gasteiger charge is -2.04. The zero-order chi connectivity index (χ0) is 11.4. The molecule has 0 atom stereocenters. The van der Waals surface area contributed by atoms with Crippen LogP contribution in [0.1, 0.15) is 12.5 Å². The maximum atomic E-state index is 4.24. The number of aromatic nitrogens is 2. The average Bonchev–Trinajstić information content (AvgIpc) is 2.76. The summed E-state index contributed by atoms with van der Waals surface area (Å²) in [6, 6.07) is 8.37. The SMILES string of the molecule is CCn1cc(CNc2ccc(I)cc2)cn1. The first-order valence-electron chi connectivity index (χ1n) is 5.28. The molecule has 0 aliphatic carbocycles. The lowest BCUT2D eigenvalue weighted by molar-refractivity contribution is 0.659. The van der Waals surface area contributed by atoms with Crippen molar-refractivity contribution in [1.82, 2.24) is 9.78 Å². The van der Waals surface area contributed by atoms with E-state index in [1.807, 2.05) is 10.9 Å². The predicted molar refractivity (Wildman–Crippen MR) is 74.4 cm³/mol. The molecule has 3 nitrogen and oxygen atoms in total. The maximum Gasteiger partial charge on any atom is 0.0539 e. The van der Waals surface area contributed by atoms with Crippen LogP contribution in [0.2, 0.25) is 0 Å². The van der Waals surface area contributed by atoms with Crippen LogP contribution in [0.25, 0.3) is 0 Å². The fourth-order valence-corrected chi connectivity index (χ4v) is 1.80. The number of anilines is 1. The maximum absolute atomic E-state index is 4.24. The molecule has 0 bridgehead atoms. The monoisotopic (exact) mass is 327 g/mol. The van der Waals surface area contributed by atoms with Gasteiger partial charge in [-0.15, -0.1) is 0 Å². The summed E-state index contributed by atoms with van der Waals surface area (Å²) in [5, 5.41) is 7.61. The molecule has 0 spiro atoms. The molecule has 1 N–H and O–H groups in total. The van der Waals surface area contributed by atoms with Gasteiger partial charge in [0.15, 0.2) is 0 Å². The second kappa shape index (κ2) is 5.34. The van der Waals surface area contributed by atoms with E-state index in [1.165, 1.54) is 9.13 Å². The Morgan fingerprint density at radius 1 is 1.31 bits per heavy atom. The van der Waals surface area contributed by atoms with Crippen molar-refractivity contribution in [2.45, 2.75) is 20.0 Å². The second-order valence-electron chi connectivity index (χ2n) is 3.56. The van der Waals surface area contributed by atoms with Gasteiger partial charge in [0, 0.05) is 34.1 Å². The van der Waals surface area contributed by atoms with Crippen molar-refractivity contribution in [2.75, 3.05) is 5.32 Å². The Balaban J connectivity index is 1.94. The lowest BCUT2D eigenvalue weighted by Crippen LogP contribution is -1.98. The Bertz CT molecular complexity index is 448. The smallest absolute Gasteiger partial charge is 0.0539 e. The van der Waals surface area contributed by atoms with E-state index in [1.54, 1.807) is 0 Å². The molecule has 0 saturated heterocycles. The molecule has 1 aromatic carbocycles. The minimum absolute atomic E-state index is 0.820. The number of nitrogens with zero attached hydrogens (tertiary/aromatic N) is 2. The van der Waals surface area contributed by atoms with Crippen LogP contribution >= 0.6 is 22.6 Å². The Morgan fingerprint density at radius 2 is 2.06 bits per heavy atom. The Hall–Kier alpha value is -1.04. The molecule has 0 fully saturated rings. The van der Waals surface area contributed by atoms with Crippen LogP contribution in [-0.2, 0) is 13.1 Å². The van der Waals surface area contributed by atoms with Gasteiger partial charge < -0.3 is 5.32 Å². The number of rotatable bonds is 4. The number of aryl methyl sites for hydroxylation is 1. The molecule has 0 aliphatic heterocycles. The zero-order valence-corrected chi connectivity index (χ0v) is 11.3. The molecule has 84 valence electrons. The highest BCUT2D eigenvalue weighted by Gasteiger charge is 1.97. The van der Waals surface area contributed by atoms with E-state index >= 15 is 0 Å². The highest BCUT2D eigenvalue weighted by molar-refractivity contribution is 14.1. The molecule has 2 aromatic rings. The third-order valence-corrected chi connectivity index (χ3v) is 3.07. The van der Waals surface area contributed by atoms with Crippen molar-refractivity contribution in [2.24, 2.45) is 0 Å². The Kier molecular flexibility index (Phi) is 3.82. The third-order valence-electron chi connectivity index (χ3n) is 2.35. The lowest BCUT2D eigenvalue weighted by atomic mass is 10.3. The van der Waals surface area contributed by atoms with E-state index in [0.29, 0.717) is 0 Å². The average molecular weight is 327 g/mol. The van der Waals surface area contributed by atoms with Crippen LogP contribution < -0.4 is 5.32 Å². The molecule has 1 heterocycles. The van der Waals surface area contributed by atoms with E-state index < -0.39 is 0 Å². The summed E-state index contributed by atoms with van der Waals surface area (Å²) in [6.45, 7) is 3.83. The normalized spacial score (nSPS) is 10.4. The largest absolute Gasteiger partial charge is 0.381 e. The highest BCUT2D eigenvalue weighted by Crippen LogP contribution is 2.12. The van der Waals surface area contributed by atoms with Crippen LogP contribution in [0, 0.1) is 3.57 Å². The molecule has 0 amide bonds. The van der Waals surface area contributed by atoms with Gasteiger partial charge in [-0.1, -0.05) is 0 Å². The van der Waals surface area contributed by atoms with Crippen LogP contribution in [-0.4, -0.2) is 9.78 Å². The van der Waals surface area contributed by atoms with Crippen molar-refractivity contribution in [1.29, 1.82) is 0 Å². The van der Waals surface area contributed by atoms with E-state index in [0.717, 1.165) is 18.8 Å². The van der Waals surface area contributed by atoms with Crippen LogP contribution in [0.4, 0.5) is 5.69 Å². The van der Waals surface area contributed by atoms with E-state index in [4.69, 9.17) is 0 Å². The van der Waals surface area contributed by atoms with Gasteiger partial charge in [-0.05, 0) is 53.8 Å². The van der Waals surface area contributed by atoms with Crippen molar-refractivity contribution in [3.8, 4) is 0 Å². The molecule has 0 aliphatic rings. The zero-order valence-electron chi connectivity index (χ0n) is 9.15. The van der Waals surface area contributed by atoms with Crippen molar-refractivity contribution >= 4 is 28.3 Å². The first-order valence-corrected chi connectivity index (χ1v) is 6.36. The molecular formula is C12H14IN3. The third kappa shape index (κ3) is 2.98. The summed E-state index contributed by atoms with van der Waals surface area (Å²) in [5.41, 5.74) is 2.35. The highest BCUT2D eigenvalue weighted by atomic mass is 127. The van der Waals surface area contributed by atoms with Gasteiger partial charge in [-0.3, -0.25) is 4.68 Å². The van der Waals surface area contributed by atoms with Gasteiger partial charge in [0.05, 0.1) is 6.20 Å². The topological polar surface area (TPSA) is 29.9 Å². The second-order valence-corrected chi connectivity index (χ2v) is 4.81. The van der Waals surface area contributed by atoms with Crippen molar-refractivity contribution in [3.63, 3.8) is 0 Å². The van der Waals surface area contributed by atoms with Crippen LogP contribution in [0.3, 0.4) is 0 Å². The molecule has 4 heteroatoms. The van der Waals surface area contributed by atoms with Gasteiger partial charge in [0.25, 0.3) is 0 Å². The summed E-state index contributed by atoms with van der Waals surface area (Å²) >= 11 is 2.30. The van der Waals surface area contributed by atoms with Gasteiger partial charge in [-0.25, -0.2) is 0 Å². The van der Waals surface area contributed by atoms with Crippen molar-refractivity contribution < 1.29 is 0 Å². The summed E-state index contributed by atoms with van der Waals surface area (Å²) in [6.07, 6.45) is 3.98. The summed E-state index contributed by atoms with van der Waals surface area (Å²) in [7, 11) is 0. The predicted octanol–water partition coefficient (Wildman–Crippen LogP) is 3.12. The molecular weight excluding hydrogens is 313 g/mol. The van der Waals surface area contributed by atoms with E-state index in [9.17, 15) is 0 Å². The van der Waals surface area contributed by atoms with Gasteiger partial charge in [0.1, 0.15) is 0 Å². The summed E-state index contributed by atoms with van der Waals surface area (Å²) < 4.78 is 3.19.